The number of hydrogen-bond acceptors (Lipinski definition) is 3. The van der Waals surface area contributed by atoms with Gasteiger partial charge in [-0.25, -0.2) is 4.98 Å². The number of pyridine rings is 1. The van der Waals surface area contributed by atoms with E-state index in [1.165, 1.54) is 0 Å². The Morgan fingerprint density at radius 3 is 2.62 bits per heavy atom. The van der Waals surface area contributed by atoms with Crippen molar-refractivity contribution in [2.24, 2.45) is 0 Å². The summed E-state index contributed by atoms with van der Waals surface area (Å²) in [6.45, 7) is 3.68. The van der Waals surface area contributed by atoms with E-state index in [9.17, 15) is 4.39 Å². The topological polar surface area (TPSA) is 37.0 Å². The van der Waals surface area contributed by atoms with E-state index in [4.69, 9.17) is 0 Å². The summed E-state index contributed by atoms with van der Waals surface area (Å²) in [4.78, 5) is 3.72. The molecule has 1 heterocycles. The highest BCUT2D eigenvalue weighted by Gasteiger charge is 2.04. The first-order valence-electron chi connectivity index (χ1n) is 3.90. The minimum Gasteiger partial charge on any atom is -0.387 e. The third-order valence-electron chi connectivity index (χ3n) is 1.73. The predicted octanol–water partition coefficient (Wildman–Crippen LogP) is 1.45. The van der Waals surface area contributed by atoms with Crippen molar-refractivity contribution < 1.29 is 4.39 Å². The Morgan fingerprint density at radius 1 is 1.46 bits per heavy atom. The highest BCUT2D eigenvalue weighted by atomic mass is 19.1. The third kappa shape index (κ3) is 1.96. The van der Waals surface area contributed by atoms with E-state index in [0.717, 1.165) is 0 Å². The van der Waals surface area contributed by atoms with Gasteiger partial charge in [0.05, 0.1) is 17.1 Å². The summed E-state index contributed by atoms with van der Waals surface area (Å²) in [6.07, 6.45) is 0. The quantitative estimate of drug-likeness (QED) is 0.693. The van der Waals surface area contributed by atoms with E-state index in [0.29, 0.717) is 17.1 Å². The van der Waals surface area contributed by atoms with Crippen LogP contribution in [0.4, 0.5) is 10.1 Å². The highest BCUT2D eigenvalue weighted by molar-refractivity contribution is 5.59. The molecule has 0 aromatic carbocycles. The summed E-state index contributed by atoms with van der Waals surface area (Å²) in [5, 5.41) is 5.49. The van der Waals surface area contributed by atoms with Crippen LogP contribution in [0.1, 0.15) is 5.69 Å². The molecule has 13 heavy (non-hydrogen) atoms. The van der Waals surface area contributed by atoms with Crippen molar-refractivity contribution in [3.63, 3.8) is 0 Å². The zero-order valence-electron chi connectivity index (χ0n) is 7.69. The Hall–Kier alpha value is -1.58. The van der Waals surface area contributed by atoms with Crippen LogP contribution in [-0.2, 0) is 0 Å². The van der Waals surface area contributed by atoms with Crippen LogP contribution in [0, 0.1) is 5.95 Å². The monoisotopic (exact) mass is 181 g/mol. The van der Waals surface area contributed by atoms with Gasteiger partial charge in [0.15, 0.2) is 0 Å². The van der Waals surface area contributed by atoms with Crippen LogP contribution in [0.3, 0.4) is 0 Å². The van der Waals surface area contributed by atoms with Gasteiger partial charge in [-0.05, 0) is 12.1 Å². The minimum atomic E-state index is -0.517. The summed E-state index contributed by atoms with van der Waals surface area (Å²) in [5.74, 6) is -0.517. The molecule has 1 aromatic rings. The molecule has 2 N–H and O–H groups in total. The van der Waals surface area contributed by atoms with E-state index in [1.807, 2.05) is 0 Å². The van der Waals surface area contributed by atoms with Crippen molar-refractivity contribution in [2.45, 2.75) is 0 Å². The number of hydrogen-bond donors (Lipinski definition) is 2. The molecule has 0 aliphatic rings. The molecular formula is C9H12FN3. The Kier molecular flexibility index (Phi) is 2.84. The van der Waals surface area contributed by atoms with Crippen LogP contribution < -0.4 is 10.6 Å². The molecule has 0 radical (unpaired) electrons. The molecule has 0 saturated heterocycles. The Bertz CT molecular complexity index is 323. The van der Waals surface area contributed by atoms with Gasteiger partial charge in [0.1, 0.15) is 0 Å². The fourth-order valence-corrected chi connectivity index (χ4v) is 0.917. The van der Waals surface area contributed by atoms with Crippen LogP contribution in [0.25, 0.3) is 5.70 Å². The summed E-state index contributed by atoms with van der Waals surface area (Å²) >= 11 is 0. The first-order chi connectivity index (χ1) is 6.19. The van der Waals surface area contributed by atoms with Gasteiger partial charge >= 0.3 is 0 Å². The molecule has 0 saturated carbocycles. The van der Waals surface area contributed by atoms with E-state index in [2.05, 4.69) is 22.2 Å². The molecule has 0 spiro atoms. The summed E-state index contributed by atoms with van der Waals surface area (Å²) < 4.78 is 13.1. The van der Waals surface area contributed by atoms with E-state index in [1.54, 1.807) is 26.2 Å². The lowest BCUT2D eigenvalue weighted by atomic mass is 10.3. The number of anilines is 1. The highest BCUT2D eigenvalue weighted by Crippen LogP contribution is 2.14. The SMILES string of the molecule is C=C(NC)c1ccc(NC)c(F)n1. The van der Waals surface area contributed by atoms with Gasteiger partial charge in [-0.3, -0.25) is 0 Å². The molecule has 1 aromatic heterocycles. The third-order valence-corrected chi connectivity index (χ3v) is 1.73. The molecule has 70 valence electrons. The summed E-state index contributed by atoms with van der Waals surface area (Å²) in [5.41, 5.74) is 1.49. The molecule has 0 aliphatic heterocycles. The van der Waals surface area contributed by atoms with Gasteiger partial charge in [-0.1, -0.05) is 6.58 Å². The van der Waals surface area contributed by atoms with Crippen molar-refractivity contribution in [2.75, 3.05) is 19.4 Å². The van der Waals surface area contributed by atoms with Gasteiger partial charge < -0.3 is 10.6 Å². The zero-order valence-corrected chi connectivity index (χ0v) is 7.69. The number of halogens is 1. The molecule has 0 atom stereocenters. The first-order valence-corrected chi connectivity index (χ1v) is 3.90. The largest absolute Gasteiger partial charge is 0.387 e. The first kappa shape index (κ1) is 9.51. The average molecular weight is 181 g/mol. The van der Waals surface area contributed by atoms with Crippen molar-refractivity contribution in [3.05, 3.63) is 30.4 Å². The summed E-state index contributed by atoms with van der Waals surface area (Å²) in [7, 11) is 3.36. The Labute approximate surface area is 76.7 Å². The van der Waals surface area contributed by atoms with Gasteiger partial charge in [-0.2, -0.15) is 4.39 Å². The second kappa shape index (κ2) is 3.89. The number of rotatable bonds is 3. The van der Waals surface area contributed by atoms with Crippen molar-refractivity contribution >= 4 is 11.4 Å². The Balaban J connectivity index is 3.02. The van der Waals surface area contributed by atoms with Crippen molar-refractivity contribution in [3.8, 4) is 0 Å². The maximum atomic E-state index is 13.1. The van der Waals surface area contributed by atoms with Crippen LogP contribution in [0.5, 0.6) is 0 Å². The lowest BCUT2D eigenvalue weighted by molar-refractivity contribution is 0.586. The van der Waals surface area contributed by atoms with Gasteiger partial charge in [0.2, 0.25) is 5.95 Å². The second-order valence-electron chi connectivity index (χ2n) is 2.51. The van der Waals surface area contributed by atoms with E-state index >= 15 is 0 Å². The minimum absolute atomic E-state index is 0.382. The van der Waals surface area contributed by atoms with Gasteiger partial charge in [-0.15, -0.1) is 0 Å². The number of nitrogens with zero attached hydrogens (tertiary/aromatic N) is 1. The molecule has 1 rings (SSSR count). The standard InChI is InChI=1S/C9H12FN3/c1-6(11-2)7-4-5-8(12-3)9(10)13-7/h4-5,11-12H,1H2,2-3H3. The van der Waals surface area contributed by atoms with Gasteiger partial charge in [0, 0.05) is 14.1 Å². The number of nitrogens with one attached hydrogen (secondary N) is 2. The fourth-order valence-electron chi connectivity index (χ4n) is 0.917. The van der Waals surface area contributed by atoms with Crippen LogP contribution in [-0.4, -0.2) is 19.1 Å². The molecule has 3 nitrogen and oxygen atoms in total. The van der Waals surface area contributed by atoms with Crippen LogP contribution >= 0.6 is 0 Å². The maximum Gasteiger partial charge on any atom is 0.236 e. The van der Waals surface area contributed by atoms with Crippen molar-refractivity contribution in [1.82, 2.24) is 10.3 Å². The molecule has 4 heteroatoms. The molecule has 0 aliphatic carbocycles. The number of aromatic nitrogens is 1. The van der Waals surface area contributed by atoms with Crippen LogP contribution in [0.15, 0.2) is 18.7 Å². The lowest BCUT2D eigenvalue weighted by Gasteiger charge is -2.06. The van der Waals surface area contributed by atoms with Crippen molar-refractivity contribution in [1.29, 1.82) is 0 Å². The zero-order chi connectivity index (χ0) is 9.84. The molecule has 0 amide bonds. The second-order valence-corrected chi connectivity index (χ2v) is 2.51. The predicted molar refractivity (Wildman–Crippen MR) is 51.8 cm³/mol. The van der Waals surface area contributed by atoms with Gasteiger partial charge in [0.25, 0.3) is 0 Å². The van der Waals surface area contributed by atoms with E-state index < -0.39 is 5.95 Å². The van der Waals surface area contributed by atoms with E-state index in [-0.39, 0.29) is 0 Å². The average Bonchev–Trinajstić information content (AvgIpc) is 2.16. The molecule has 0 bridgehead atoms. The molecule has 0 unspecified atom stereocenters. The smallest absolute Gasteiger partial charge is 0.236 e. The van der Waals surface area contributed by atoms with Crippen LogP contribution in [0.2, 0.25) is 0 Å². The fraction of sp³-hybridized carbons (Fsp3) is 0.222. The molecular weight excluding hydrogens is 169 g/mol. The Morgan fingerprint density at radius 2 is 2.15 bits per heavy atom. The maximum absolute atomic E-state index is 13.1. The lowest BCUT2D eigenvalue weighted by Crippen LogP contribution is -2.06. The molecule has 0 fully saturated rings. The normalized spacial score (nSPS) is 9.46. The summed E-state index contributed by atoms with van der Waals surface area (Å²) in [6, 6.07) is 3.33.